The number of carbonyl (C=O) groups is 2. The largest absolute Gasteiger partial charge is 0.354 e. The Kier molecular flexibility index (Phi) is 6.76. The molecule has 0 saturated heterocycles. The summed E-state index contributed by atoms with van der Waals surface area (Å²) >= 11 is 0. The Morgan fingerprint density at radius 3 is 2.27 bits per heavy atom. The Labute approximate surface area is 130 Å². The number of amides is 2. The summed E-state index contributed by atoms with van der Waals surface area (Å²) < 4.78 is 12.8. The summed E-state index contributed by atoms with van der Waals surface area (Å²) in [4.78, 5) is 23.7. The van der Waals surface area contributed by atoms with Crippen LogP contribution < -0.4 is 10.6 Å². The van der Waals surface area contributed by atoms with Gasteiger partial charge in [0.25, 0.3) is 0 Å². The fraction of sp³-hybridized carbons (Fsp3) is 0.412. The van der Waals surface area contributed by atoms with E-state index in [0.717, 1.165) is 5.56 Å². The zero-order chi connectivity index (χ0) is 16.7. The van der Waals surface area contributed by atoms with Crippen molar-refractivity contribution in [1.82, 2.24) is 10.6 Å². The molecule has 0 radical (unpaired) electrons. The van der Waals surface area contributed by atoms with Crippen molar-refractivity contribution in [3.8, 4) is 0 Å². The molecule has 5 heteroatoms. The lowest BCUT2D eigenvalue weighted by atomic mass is 10.1. The smallest absolute Gasteiger partial charge is 0.247 e. The van der Waals surface area contributed by atoms with Gasteiger partial charge in [-0.2, -0.15) is 0 Å². The molecule has 0 aliphatic carbocycles. The van der Waals surface area contributed by atoms with E-state index in [4.69, 9.17) is 0 Å². The van der Waals surface area contributed by atoms with E-state index in [0.29, 0.717) is 5.57 Å². The molecule has 0 aliphatic rings. The quantitative estimate of drug-likeness (QED) is 0.794. The summed E-state index contributed by atoms with van der Waals surface area (Å²) in [5, 5.41) is 5.55. The van der Waals surface area contributed by atoms with Crippen molar-refractivity contribution in [3.63, 3.8) is 0 Å². The first-order chi connectivity index (χ1) is 10.3. The van der Waals surface area contributed by atoms with Crippen molar-refractivity contribution in [2.75, 3.05) is 0 Å². The molecule has 1 rings (SSSR count). The van der Waals surface area contributed by atoms with E-state index in [9.17, 15) is 14.0 Å². The summed E-state index contributed by atoms with van der Waals surface area (Å²) in [6.45, 7) is 7.23. The Bertz CT molecular complexity index is 550. The SMILES string of the molecule is C/C(=C\c1ccc(F)cc1)C(=O)N[C@H](C)CC(=O)NC(C)C. The fourth-order valence-electron chi connectivity index (χ4n) is 1.92. The van der Waals surface area contributed by atoms with Crippen molar-refractivity contribution >= 4 is 17.9 Å². The average Bonchev–Trinajstić information content (AvgIpc) is 2.39. The Morgan fingerprint density at radius 2 is 1.73 bits per heavy atom. The molecular formula is C17H23FN2O2. The van der Waals surface area contributed by atoms with Gasteiger partial charge >= 0.3 is 0 Å². The minimum absolute atomic E-state index is 0.0792. The van der Waals surface area contributed by atoms with E-state index in [-0.39, 0.29) is 36.1 Å². The standard InChI is InChI=1S/C17H23FN2O2/c1-11(2)19-16(21)10-13(4)20-17(22)12(3)9-14-5-7-15(18)8-6-14/h5-9,11,13H,10H2,1-4H3,(H,19,21)(H,20,22)/b12-9+/t13-/m1/s1. The van der Waals surface area contributed by atoms with Crippen LogP contribution in [0.5, 0.6) is 0 Å². The van der Waals surface area contributed by atoms with Gasteiger partial charge in [0.05, 0.1) is 0 Å². The van der Waals surface area contributed by atoms with Crippen LogP contribution in [0, 0.1) is 5.82 Å². The van der Waals surface area contributed by atoms with E-state index in [2.05, 4.69) is 10.6 Å². The van der Waals surface area contributed by atoms with Crippen molar-refractivity contribution in [3.05, 3.63) is 41.2 Å². The van der Waals surface area contributed by atoms with Gasteiger partial charge in [-0.25, -0.2) is 4.39 Å². The minimum Gasteiger partial charge on any atom is -0.354 e. The highest BCUT2D eigenvalue weighted by molar-refractivity contribution is 5.97. The highest BCUT2D eigenvalue weighted by Crippen LogP contribution is 2.08. The first-order valence-corrected chi connectivity index (χ1v) is 7.32. The summed E-state index contributed by atoms with van der Waals surface area (Å²) in [5.74, 6) is -0.652. The molecule has 2 N–H and O–H groups in total. The van der Waals surface area contributed by atoms with Crippen LogP contribution in [0.2, 0.25) is 0 Å². The molecule has 0 unspecified atom stereocenters. The minimum atomic E-state index is -0.316. The van der Waals surface area contributed by atoms with Crippen LogP contribution in [0.15, 0.2) is 29.8 Å². The van der Waals surface area contributed by atoms with Crippen LogP contribution in [0.3, 0.4) is 0 Å². The zero-order valence-electron chi connectivity index (χ0n) is 13.4. The maximum Gasteiger partial charge on any atom is 0.247 e. The van der Waals surface area contributed by atoms with Gasteiger partial charge in [0, 0.05) is 24.1 Å². The second kappa shape index (κ2) is 8.32. The van der Waals surface area contributed by atoms with Gasteiger partial charge < -0.3 is 10.6 Å². The van der Waals surface area contributed by atoms with E-state index in [1.165, 1.54) is 12.1 Å². The predicted octanol–water partition coefficient (Wildman–Crippen LogP) is 2.65. The molecule has 0 spiro atoms. The van der Waals surface area contributed by atoms with Gasteiger partial charge in [0.2, 0.25) is 11.8 Å². The maximum absolute atomic E-state index is 12.8. The third-order valence-corrected chi connectivity index (χ3v) is 2.93. The van der Waals surface area contributed by atoms with Crippen molar-refractivity contribution in [2.45, 2.75) is 46.2 Å². The van der Waals surface area contributed by atoms with E-state index in [1.54, 1.807) is 32.1 Å². The lowest BCUT2D eigenvalue weighted by Crippen LogP contribution is -2.39. The zero-order valence-corrected chi connectivity index (χ0v) is 13.4. The summed E-state index contributed by atoms with van der Waals surface area (Å²) in [6, 6.07) is 5.71. The molecule has 0 bridgehead atoms. The number of nitrogens with one attached hydrogen (secondary N) is 2. The molecule has 1 aromatic rings. The van der Waals surface area contributed by atoms with Crippen LogP contribution in [0.1, 0.15) is 39.7 Å². The second-order valence-electron chi connectivity index (χ2n) is 5.68. The summed E-state index contributed by atoms with van der Waals surface area (Å²) in [6.07, 6.45) is 1.91. The number of rotatable bonds is 6. The van der Waals surface area contributed by atoms with E-state index >= 15 is 0 Å². The molecule has 0 heterocycles. The molecule has 0 aliphatic heterocycles. The number of hydrogen-bond acceptors (Lipinski definition) is 2. The number of halogens is 1. The molecule has 2 amide bonds. The topological polar surface area (TPSA) is 58.2 Å². The number of benzene rings is 1. The molecule has 22 heavy (non-hydrogen) atoms. The molecule has 120 valence electrons. The Morgan fingerprint density at radius 1 is 1.14 bits per heavy atom. The highest BCUT2D eigenvalue weighted by atomic mass is 19.1. The Hall–Kier alpha value is -2.17. The summed E-state index contributed by atoms with van der Waals surface area (Å²) in [7, 11) is 0. The average molecular weight is 306 g/mol. The summed E-state index contributed by atoms with van der Waals surface area (Å²) in [5.41, 5.74) is 1.25. The first-order valence-electron chi connectivity index (χ1n) is 7.32. The molecule has 0 saturated carbocycles. The lowest BCUT2D eigenvalue weighted by Gasteiger charge is -2.15. The second-order valence-corrected chi connectivity index (χ2v) is 5.68. The van der Waals surface area contributed by atoms with Crippen LogP contribution in [-0.2, 0) is 9.59 Å². The monoisotopic (exact) mass is 306 g/mol. The molecule has 1 aromatic carbocycles. The molecule has 4 nitrogen and oxygen atoms in total. The maximum atomic E-state index is 12.8. The van der Waals surface area contributed by atoms with Gasteiger partial charge in [-0.15, -0.1) is 0 Å². The van der Waals surface area contributed by atoms with Crippen LogP contribution >= 0.6 is 0 Å². The normalized spacial score (nSPS) is 12.9. The van der Waals surface area contributed by atoms with Crippen molar-refractivity contribution in [1.29, 1.82) is 0 Å². The highest BCUT2D eigenvalue weighted by Gasteiger charge is 2.13. The van der Waals surface area contributed by atoms with E-state index < -0.39 is 0 Å². The van der Waals surface area contributed by atoms with Crippen LogP contribution in [0.4, 0.5) is 4.39 Å². The first kappa shape index (κ1) is 17.9. The van der Waals surface area contributed by atoms with Crippen LogP contribution in [-0.4, -0.2) is 23.9 Å². The van der Waals surface area contributed by atoms with Gasteiger partial charge in [-0.1, -0.05) is 12.1 Å². The van der Waals surface area contributed by atoms with Crippen LogP contribution in [0.25, 0.3) is 6.08 Å². The van der Waals surface area contributed by atoms with Gasteiger partial charge in [-0.05, 0) is 51.5 Å². The van der Waals surface area contributed by atoms with Gasteiger partial charge in [0.1, 0.15) is 5.82 Å². The molecule has 0 fully saturated rings. The van der Waals surface area contributed by atoms with Gasteiger partial charge in [0.15, 0.2) is 0 Å². The van der Waals surface area contributed by atoms with Gasteiger partial charge in [-0.3, -0.25) is 9.59 Å². The van der Waals surface area contributed by atoms with Crippen molar-refractivity contribution in [2.24, 2.45) is 0 Å². The number of carbonyl (C=O) groups excluding carboxylic acids is 2. The lowest BCUT2D eigenvalue weighted by molar-refractivity contribution is -0.122. The predicted molar refractivity (Wildman–Crippen MR) is 85.6 cm³/mol. The van der Waals surface area contributed by atoms with E-state index in [1.807, 2.05) is 13.8 Å². The third-order valence-electron chi connectivity index (χ3n) is 2.93. The fourth-order valence-corrected chi connectivity index (χ4v) is 1.92. The molecule has 1 atom stereocenters. The Balaban J connectivity index is 2.56. The number of hydrogen-bond donors (Lipinski definition) is 2. The third kappa shape index (κ3) is 6.52. The molecule has 0 aromatic heterocycles. The van der Waals surface area contributed by atoms with Crippen molar-refractivity contribution < 1.29 is 14.0 Å². The molecular weight excluding hydrogens is 283 g/mol.